The van der Waals surface area contributed by atoms with Crippen LogP contribution < -0.4 is 103 Å². The molecule has 0 amide bonds. The molecule has 21 heavy (non-hydrogen) atoms. The maximum Gasteiger partial charge on any atom is 1.00 e. The van der Waals surface area contributed by atoms with Gasteiger partial charge in [-0.1, -0.05) is 0 Å². The molecule has 2 atom stereocenters. The van der Waals surface area contributed by atoms with Gasteiger partial charge in [0.05, 0.1) is 12.9 Å². The molecule has 16 heteroatoms. The van der Waals surface area contributed by atoms with Gasteiger partial charge in [0.2, 0.25) is 0 Å². The van der Waals surface area contributed by atoms with Crippen LogP contribution in [-0.2, 0) is 15.7 Å². The monoisotopic (exact) mass is 374 g/mol. The largest absolute Gasteiger partial charge is 1.00 e. The van der Waals surface area contributed by atoms with Crippen LogP contribution in [0.4, 0.5) is 0 Å². The van der Waals surface area contributed by atoms with Crippen LogP contribution in [0, 0.1) is 0 Å². The standard InChI is InChI=1S/C5H10N2O7P2.3Na.2H2O/c8-5(15(9,10)11,16(12,13)14)3-7-2-1-6-4-7;;;;;/h1-2,4,8H,3H2,(H2,9,10,11)(H2,12,13,14);;;;2*1H2/q;3*+1;;/p-3. The van der Waals surface area contributed by atoms with Gasteiger partial charge < -0.3 is 49.3 Å². The average Bonchev–Trinajstić information content (AvgIpc) is 2.52. The third-order valence-electron chi connectivity index (χ3n) is 1.85. The van der Waals surface area contributed by atoms with E-state index in [1.165, 1.54) is 6.20 Å². The minimum atomic E-state index is -5.97. The predicted octanol–water partition coefficient (Wildman–Crippen LogP) is -13.6. The normalized spacial score (nSPS) is 15.3. The van der Waals surface area contributed by atoms with Gasteiger partial charge in [-0.25, -0.2) is 4.98 Å². The van der Waals surface area contributed by atoms with Crippen molar-refractivity contribution in [2.75, 3.05) is 0 Å². The molecule has 11 nitrogen and oxygen atoms in total. The molecule has 0 spiro atoms. The molecule has 0 aliphatic rings. The zero-order valence-corrected chi connectivity index (χ0v) is 19.5. The molecule has 0 aliphatic heterocycles. The van der Waals surface area contributed by atoms with Gasteiger partial charge in [0.1, 0.15) is 0 Å². The van der Waals surface area contributed by atoms with Gasteiger partial charge in [0, 0.05) is 12.4 Å². The van der Waals surface area contributed by atoms with Crippen LogP contribution in [0.1, 0.15) is 0 Å². The smallest absolute Gasteiger partial charge is 0.808 e. The molecule has 1 aromatic rings. The van der Waals surface area contributed by atoms with E-state index >= 15 is 0 Å². The Morgan fingerprint density at radius 1 is 1.14 bits per heavy atom. The molecule has 108 valence electrons. The van der Waals surface area contributed by atoms with Gasteiger partial charge in [0.15, 0.2) is 12.7 Å². The molecule has 1 aromatic heterocycles. The fraction of sp³-hybridized carbons (Fsp3) is 0.400. The van der Waals surface area contributed by atoms with E-state index in [9.17, 15) is 28.9 Å². The molecule has 1 rings (SSSR count). The summed E-state index contributed by atoms with van der Waals surface area (Å²) in [5.74, 6) is 0. The molecule has 2 unspecified atom stereocenters. The van der Waals surface area contributed by atoms with Crippen molar-refractivity contribution in [2.45, 2.75) is 11.6 Å². The van der Waals surface area contributed by atoms with Crippen molar-refractivity contribution in [3.05, 3.63) is 18.7 Å². The summed E-state index contributed by atoms with van der Waals surface area (Å²) in [6.07, 6.45) is 3.28. The van der Waals surface area contributed by atoms with Crippen LogP contribution in [0.25, 0.3) is 0 Å². The zero-order chi connectivity index (χ0) is 12.6. The number of aliphatic hydroxyl groups is 1. The summed E-state index contributed by atoms with van der Waals surface area (Å²) in [6, 6.07) is 0. The van der Waals surface area contributed by atoms with Crippen LogP contribution in [0.3, 0.4) is 0 Å². The van der Waals surface area contributed by atoms with Crippen molar-refractivity contribution >= 4 is 15.2 Å². The number of nitrogens with zero attached hydrogens (tertiary/aromatic N) is 2. The first-order valence-corrected chi connectivity index (χ1v) is 6.94. The average molecular weight is 374 g/mol. The number of hydrogen-bond donors (Lipinski definition) is 2. The second-order valence-electron chi connectivity index (χ2n) is 3.03. The van der Waals surface area contributed by atoms with Crippen LogP contribution in [0.15, 0.2) is 18.7 Å². The molecule has 1 heterocycles. The molecule has 0 radical (unpaired) electrons. The van der Waals surface area contributed by atoms with E-state index in [4.69, 9.17) is 4.89 Å². The molecule has 0 aliphatic carbocycles. The quantitative estimate of drug-likeness (QED) is 0.379. The Labute approximate surface area is 186 Å². The predicted molar refractivity (Wildman–Crippen MR) is 51.8 cm³/mol. The molecule has 0 saturated carbocycles. The maximum atomic E-state index is 10.8. The zero-order valence-electron chi connectivity index (χ0n) is 11.7. The summed E-state index contributed by atoms with van der Waals surface area (Å²) in [5, 5.41) is 5.52. The molecule has 0 aromatic carbocycles. The van der Waals surface area contributed by atoms with Crippen molar-refractivity contribution in [1.29, 1.82) is 0 Å². The Morgan fingerprint density at radius 3 is 1.81 bits per heavy atom. The van der Waals surface area contributed by atoms with Crippen LogP contribution in [0.2, 0.25) is 0 Å². The van der Waals surface area contributed by atoms with Gasteiger partial charge in [0.25, 0.3) is 0 Å². The van der Waals surface area contributed by atoms with Crippen molar-refractivity contribution < 1.29 is 133 Å². The fourth-order valence-corrected chi connectivity index (χ4v) is 2.87. The van der Waals surface area contributed by atoms with Gasteiger partial charge in [-0.3, -0.25) is 0 Å². The van der Waals surface area contributed by atoms with Gasteiger partial charge in [-0.2, -0.15) is 0 Å². The van der Waals surface area contributed by atoms with Crippen LogP contribution in [0.5, 0.6) is 0 Å². The van der Waals surface area contributed by atoms with E-state index in [1.54, 1.807) is 0 Å². The summed E-state index contributed by atoms with van der Waals surface area (Å²) in [7, 11) is -11.8. The first kappa shape index (κ1) is 34.7. The number of imidazole rings is 1. The SMILES string of the molecule is O.O.O=P([O-])([O-])C(O)(Cn1ccnc1)P(=O)([O-])O.[Na+].[Na+].[Na+]. The van der Waals surface area contributed by atoms with Crippen molar-refractivity contribution in [3.63, 3.8) is 0 Å². The molecule has 0 fully saturated rings. The van der Waals surface area contributed by atoms with Gasteiger partial charge in [-0.15, -0.1) is 0 Å². The second-order valence-corrected chi connectivity index (χ2v) is 6.90. The maximum absolute atomic E-state index is 10.8. The van der Waals surface area contributed by atoms with E-state index < -0.39 is 26.8 Å². The number of rotatable bonds is 4. The van der Waals surface area contributed by atoms with E-state index in [0.29, 0.717) is 0 Å². The Bertz CT molecular complexity index is 438. The van der Waals surface area contributed by atoms with E-state index in [1.807, 2.05) is 0 Å². The van der Waals surface area contributed by atoms with Crippen LogP contribution in [-0.4, -0.2) is 35.6 Å². The molecular weight excluding hydrogens is 363 g/mol. The summed E-state index contributed by atoms with van der Waals surface area (Å²) in [4.78, 5) is 44.2. The van der Waals surface area contributed by atoms with Crippen LogP contribution >= 0.6 is 15.2 Å². The molecule has 0 bridgehead atoms. The topological polar surface area (TPSA) is 225 Å². The molecule has 0 saturated heterocycles. The second kappa shape index (κ2) is 12.7. The van der Waals surface area contributed by atoms with Crippen molar-refractivity contribution in [1.82, 2.24) is 9.55 Å². The Kier molecular flexibility index (Phi) is 21.0. The van der Waals surface area contributed by atoms with Crippen molar-refractivity contribution in [3.8, 4) is 0 Å². The third kappa shape index (κ3) is 8.87. The summed E-state index contributed by atoms with van der Waals surface area (Å²) in [5.41, 5.74) is 0. The van der Waals surface area contributed by atoms with Crippen molar-refractivity contribution in [2.24, 2.45) is 0 Å². The Balaban J connectivity index is -0.000000171. The summed E-state index contributed by atoms with van der Waals surface area (Å²) in [6.45, 7) is -1.14. The van der Waals surface area contributed by atoms with E-state index in [-0.39, 0.29) is 99.6 Å². The first-order valence-electron chi connectivity index (χ1n) is 3.82. The van der Waals surface area contributed by atoms with Gasteiger partial charge in [-0.05, 0) is 7.60 Å². The summed E-state index contributed by atoms with van der Waals surface area (Å²) < 4.78 is 22.3. The minimum Gasteiger partial charge on any atom is -0.808 e. The van der Waals surface area contributed by atoms with Gasteiger partial charge >= 0.3 is 88.7 Å². The minimum absolute atomic E-state index is 0. The van der Waals surface area contributed by atoms with E-state index in [2.05, 4.69) is 4.98 Å². The molecule has 6 N–H and O–H groups in total. The number of aromatic nitrogens is 2. The Hall–Kier alpha value is 2.39. The Morgan fingerprint density at radius 2 is 1.57 bits per heavy atom. The third-order valence-corrected chi connectivity index (χ3v) is 5.40. The summed E-state index contributed by atoms with van der Waals surface area (Å²) >= 11 is 0. The molecular formula is C5H11N2Na3O9P2. The van der Waals surface area contributed by atoms with E-state index in [0.717, 1.165) is 17.1 Å². The number of hydrogen-bond acceptors (Lipinski definition) is 7. The first-order chi connectivity index (χ1) is 7.08. The fourth-order valence-electron chi connectivity index (χ4n) is 0.956.